The minimum Gasteiger partial charge on any atom is -0.370 e. The summed E-state index contributed by atoms with van der Waals surface area (Å²) in [5.41, 5.74) is 2.57. The van der Waals surface area contributed by atoms with E-state index >= 15 is 0 Å². The summed E-state index contributed by atoms with van der Waals surface area (Å²) in [5, 5.41) is 11.2. The first kappa shape index (κ1) is 15.8. The molecule has 0 bridgehead atoms. The molecule has 0 radical (unpaired) electrons. The largest absolute Gasteiger partial charge is 0.370 e. The zero-order chi connectivity index (χ0) is 15.1. The molecule has 114 valence electrons. The molecule has 1 unspecified atom stereocenters. The van der Waals surface area contributed by atoms with Gasteiger partial charge < -0.3 is 10.6 Å². The van der Waals surface area contributed by atoms with Crippen molar-refractivity contribution in [1.29, 1.82) is 0 Å². The maximum Gasteiger partial charge on any atom is 0.134 e. The van der Waals surface area contributed by atoms with E-state index in [1.165, 1.54) is 11.1 Å². The van der Waals surface area contributed by atoms with Crippen LogP contribution < -0.4 is 10.6 Å². The highest BCUT2D eigenvalue weighted by Gasteiger charge is 2.13. The van der Waals surface area contributed by atoms with Crippen LogP contribution in [0.15, 0.2) is 23.2 Å². The van der Waals surface area contributed by atoms with Gasteiger partial charge in [0.15, 0.2) is 0 Å². The van der Waals surface area contributed by atoms with Gasteiger partial charge in [0.1, 0.15) is 18.0 Å². The van der Waals surface area contributed by atoms with Crippen molar-refractivity contribution in [2.75, 3.05) is 17.2 Å². The number of hydrogen-bond donors (Lipinski definition) is 2. The smallest absolute Gasteiger partial charge is 0.134 e. The normalized spacial score (nSPS) is 12.1. The molecule has 4 nitrogen and oxygen atoms in total. The fourth-order valence-electron chi connectivity index (χ4n) is 2.39. The molecule has 1 atom stereocenters. The van der Waals surface area contributed by atoms with E-state index in [0.29, 0.717) is 6.04 Å². The van der Waals surface area contributed by atoms with Gasteiger partial charge in [-0.15, -0.1) is 0 Å². The van der Waals surface area contributed by atoms with Crippen LogP contribution in [0.2, 0.25) is 0 Å². The van der Waals surface area contributed by atoms with Gasteiger partial charge in [-0.05, 0) is 49.1 Å². The van der Waals surface area contributed by atoms with Crippen LogP contribution in [-0.2, 0) is 12.8 Å². The Morgan fingerprint density at radius 2 is 2.05 bits per heavy atom. The fraction of sp³-hybridized carbons (Fsp3) is 0.500. The Kier molecular flexibility index (Phi) is 5.99. The van der Waals surface area contributed by atoms with E-state index in [9.17, 15) is 0 Å². The molecule has 0 aliphatic rings. The summed E-state index contributed by atoms with van der Waals surface area (Å²) in [6.07, 6.45) is 4.71. The molecule has 0 aliphatic carbocycles. The number of nitrogens with one attached hydrogen (secondary N) is 2. The molecule has 21 heavy (non-hydrogen) atoms. The number of rotatable bonds is 8. The van der Waals surface area contributed by atoms with E-state index in [0.717, 1.165) is 37.4 Å². The molecule has 0 saturated carbocycles. The summed E-state index contributed by atoms with van der Waals surface area (Å²) in [7, 11) is 0. The summed E-state index contributed by atoms with van der Waals surface area (Å²) >= 11 is 1.74. The molecule has 0 fully saturated rings. The zero-order valence-electron chi connectivity index (χ0n) is 13.0. The number of anilines is 2. The molecule has 0 spiro atoms. The van der Waals surface area contributed by atoms with Gasteiger partial charge in [0.25, 0.3) is 0 Å². The Morgan fingerprint density at radius 1 is 1.24 bits per heavy atom. The van der Waals surface area contributed by atoms with Gasteiger partial charge in [0.2, 0.25) is 0 Å². The second-order valence-electron chi connectivity index (χ2n) is 5.21. The summed E-state index contributed by atoms with van der Waals surface area (Å²) < 4.78 is 0. The zero-order valence-corrected chi connectivity index (χ0v) is 13.8. The maximum absolute atomic E-state index is 4.45. The topological polar surface area (TPSA) is 49.8 Å². The highest BCUT2D eigenvalue weighted by atomic mass is 32.1. The van der Waals surface area contributed by atoms with Crippen molar-refractivity contribution in [1.82, 2.24) is 9.97 Å². The van der Waals surface area contributed by atoms with Gasteiger partial charge in [-0.25, -0.2) is 9.97 Å². The van der Waals surface area contributed by atoms with E-state index in [4.69, 9.17) is 0 Å². The van der Waals surface area contributed by atoms with Crippen molar-refractivity contribution in [2.45, 2.75) is 46.1 Å². The predicted octanol–water partition coefficient (Wildman–Crippen LogP) is 3.97. The lowest BCUT2D eigenvalue weighted by atomic mass is 10.1. The third-order valence-electron chi connectivity index (χ3n) is 3.29. The highest BCUT2D eigenvalue weighted by Crippen LogP contribution is 2.23. The Hall–Kier alpha value is -1.62. The lowest BCUT2D eigenvalue weighted by Crippen LogP contribution is -2.20. The van der Waals surface area contributed by atoms with Gasteiger partial charge in [0, 0.05) is 18.2 Å². The summed E-state index contributed by atoms with van der Waals surface area (Å²) in [6.45, 7) is 7.34. The SMILES string of the molecule is CCCc1c(NCC)ncnc1NC(C)Cc1ccsc1. The van der Waals surface area contributed by atoms with E-state index in [1.807, 2.05) is 0 Å². The van der Waals surface area contributed by atoms with Crippen molar-refractivity contribution >= 4 is 23.0 Å². The van der Waals surface area contributed by atoms with E-state index in [2.05, 4.69) is 58.2 Å². The Bertz CT molecular complexity index is 539. The number of nitrogens with zero attached hydrogens (tertiary/aromatic N) is 2. The number of thiophene rings is 1. The molecular weight excluding hydrogens is 280 g/mol. The van der Waals surface area contributed by atoms with Crippen molar-refractivity contribution < 1.29 is 0 Å². The second-order valence-corrected chi connectivity index (χ2v) is 5.99. The first-order valence-electron chi connectivity index (χ1n) is 7.59. The van der Waals surface area contributed by atoms with Gasteiger partial charge in [-0.3, -0.25) is 0 Å². The average molecular weight is 304 g/mol. The maximum atomic E-state index is 4.45. The van der Waals surface area contributed by atoms with Gasteiger partial charge in [-0.2, -0.15) is 11.3 Å². The molecular formula is C16H24N4S. The van der Waals surface area contributed by atoms with Crippen molar-refractivity contribution in [3.8, 4) is 0 Å². The van der Waals surface area contributed by atoms with Crippen LogP contribution in [0.4, 0.5) is 11.6 Å². The lowest BCUT2D eigenvalue weighted by molar-refractivity contribution is 0.778. The fourth-order valence-corrected chi connectivity index (χ4v) is 3.07. The van der Waals surface area contributed by atoms with E-state index in [-0.39, 0.29) is 0 Å². The Morgan fingerprint density at radius 3 is 2.71 bits per heavy atom. The minimum atomic E-state index is 0.347. The summed E-state index contributed by atoms with van der Waals surface area (Å²) in [4.78, 5) is 8.82. The predicted molar refractivity (Wildman–Crippen MR) is 91.3 cm³/mol. The van der Waals surface area contributed by atoms with Crippen LogP contribution in [0, 0.1) is 0 Å². The Labute approximate surface area is 131 Å². The molecule has 0 saturated heterocycles. The van der Waals surface area contributed by atoms with Crippen LogP contribution in [-0.4, -0.2) is 22.6 Å². The quantitative estimate of drug-likeness (QED) is 0.775. The Balaban J connectivity index is 2.12. The minimum absolute atomic E-state index is 0.347. The standard InChI is InChI=1S/C16H24N4S/c1-4-6-14-15(17-5-2)18-11-19-16(14)20-12(3)9-13-7-8-21-10-13/h7-8,10-12H,4-6,9H2,1-3H3,(H2,17,18,19,20). The second kappa shape index (κ2) is 7.98. The number of hydrogen-bond acceptors (Lipinski definition) is 5. The van der Waals surface area contributed by atoms with Crippen LogP contribution >= 0.6 is 11.3 Å². The van der Waals surface area contributed by atoms with Crippen molar-refractivity contribution in [2.24, 2.45) is 0 Å². The van der Waals surface area contributed by atoms with Crippen LogP contribution in [0.25, 0.3) is 0 Å². The molecule has 2 aromatic rings. The molecule has 0 amide bonds. The first-order valence-corrected chi connectivity index (χ1v) is 8.54. The third-order valence-corrected chi connectivity index (χ3v) is 4.03. The molecule has 0 aromatic carbocycles. The molecule has 2 N–H and O–H groups in total. The molecule has 0 aliphatic heterocycles. The number of aromatic nitrogens is 2. The molecule has 5 heteroatoms. The molecule has 2 aromatic heterocycles. The first-order chi connectivity index (χ1) is 10.2. The van der Waals surface area contributed by atoms with Crippen LogP contribution in [0.3, 0.4) is 0 Å². The van der Waals surface area contributed by atoms with Gasteiger partial charge in [0.05, 0.1) is 0 Å². The van der Waals surface area contributed by atoms with E-state index in [1.54, 1.807) is 17.7 Å². The van der Waals surface area contributed by atoms with Crippen LogP contribution in [0.1, 0.15) is 38.3 Å². The highest BCUT2D eigenvalue weighted by molar-refractivity contribution is 7.07. The summed E-state index contributed by atoms with van der Waals surface area (Å²) in [5.74, 6) is 1.92. The van der Waals surface area contributed by atoms with Crippen molar-refractivity contribution in [3.05, 3.63) is 34.3 Å². The third kappa shape index (κ3) is 4.43. The van der Waals surface area contributed by atoms with Gasteiger partial charge >= 0.3 is 0 Å². The van der Waals surface area contributed by atoms with Crippen molar-refractivity contribution in [3.63, 3.8) is 0 Å². The summed E-state index contributed by atoms with van der Waals surface area (Å²) in [6, 6.07) is 2.53. The monoisotopic (exact) mass is 304 g/mol. The lowest BCUT2D eigenvalue weighted by Gasteiger charge is -2.18. The molecule has 2 heterocycles. The van der Waals surface area contributed by atoms with E-state index < -0.39 is 0 Å². The van der Waals surface area contributed by atoms with Gasteiger partial charge in [-0.1, -0.05) is 13.3 Å². The average Bonchev–Trinajstić information content (AvgIpc) is 2.95. The molecule has 2 rings (SSSR count). The van der Waals surface area contributed by atoms with Crippen LogP contribution in [0.5, 0.6) is 0 Å².